The molecule has 4 rings (SSSR count). The predicted molar refractivity (Wildman–Crippen MR) is 143 cm³/mol. The van der Waals surface area contributed by atoms with Gasteiger partial charge in [-0.25, -0.2) is 0 Å². The van der Waals surface area contributed by atoms with E-state index in [1.54, 1.807) is 13.2 Å². The standard InChI is InChI=1S/C29H46N4O3/c1-22(2)19-32(20-23-9-5-4-6-10-23)25-18-27(29(35)31-15-8-13-30-14-16-31)33(21-25)28(34)24-11-7-12-26(17-24)36-3/h7,11-12,17,22-23,25,27,30H,4-6,8-10,13-16,18-21H2,1-3H3. The fraction of sp³-hybridized carbons (Fsp3) is 0.724. The van der Waals surface area contributed by atoms with Gasteiger partial charge in [-0.1, -0.05) is 39.2 Å². The molecule has 1 aliphatic carbocycles. The Kier molecular flexibility index (Phi) is 9.66. The second-order valence-electron chi connectivity index (χ2n) is 11.4. The Hall–Kier alpha value is -2.12. The van der Waals surface area contributed by atoms with Crippen molar-refractivity contribution in [1.29, 1.82) is 0 Å². The maximum atomic E-state index is 13.9. The average Bonchev–Trinajstić information content (AvgIpc) is 3.15. The third-order valence-corrected chi connectivity index (χ3v) is 8.13. The van der Waals surface area contributed by atoms with Gasteiger partial charge in [0, 0.05) is 50.9 Å². The second kappa shape index (κ2) is 12.9. The number of ether oxygens (including phenoxy) is 1. The van der Waals surface area contributed by atoms with Crippen LogP contribution in [0.15, 0.2) is 24.3 Å². The smallest absolute Gasteiger partial charge is 0.254 e. The maximum Gasteiger partial charge on any atom is 0.254 e. The van der Waals surface area contributed by atoms with Crippen LogP contribution in [0, 0.1) is 11.8 Å². The number of nitrogens with zero attached hydrogens (tertiary/aromatic N) is 3. The average molecular weight is 499 g/mol. The normalized spacial score (nSPS) is 23.8. The van der Waals surface area contributed by atoms with Crippen LogP contribution in [-0.2, 0) is 4.79 Å². The molecule has 3 aliphatic rings. The molecule has 200 valence electrons. The van der Waals surface area contributed by atoms with E-state index in [1.807, 2.05) is 28.0 Å². The van der Waals surface area contributed by atoms with Gasteiger partial charge in [0.2, 0.25) is 5.91 Å². The van der Waals surface area contributed by atoms with Crippen molar-refractivity contribution in [2.45, 2.75) is 70.9 Å². The molecule has 7 heteroatoms. The Morgan fingerprint density at radius 3 is 2.67 bits per heavy atom. The minimum atomic E-state index is -0.409. The monoisotopic (exact) mass is 498 g/mol. The highest BCUT2D eigenvalue weighted by molar-refractivity contribution is 5.98. The minimum Gasteiger partial charge on any atom is -0.497 e. The SMILES string of the molecule is COc1cccc(C(=O)N2CC(N(CC(C)C)CC3CCCCC3)CC2C(=O)N2CCCNCC2)c1. The maximum absolute atomic E-state index is 13.9. The molecule has 1 aromatic carbocycles. The van der Waals surface area contributed by atoms with E-state index >= 15 is 0 Å². The predicted octanol–water partition coefficient (Wildman–Crippen LogP) is 3.64. The molecule has 2 heterocycles. The van der Waals surface area contributed by atoms with E-state index in [2.05, 4.69) is 24.1 Å². The highest BCUT2D eigenvalue weighted by Crippen LogP contribution is 2.31. The Morgan fingerprint density at radius 2 is 1.92 bits per heavy atom. The van der Waals surface area contributed by atoms with E-state index in [0.29, 0.717) is 30.3 Å². The number of hydrogen-bond donors (Lipinski definition) is 1. The molecule has 2 unspecified atom stereocenters. The summed E-state index contributed by atoms with van der Waals surface area (Å²) < 4.78 is 5.38. The topological polar surface area (TPSA) is 65.1 Å². The van der Waals surface area contributed by atoms with Crippen LogP contribution in [0.4, 0.5) is 0 Å². The van der Waals surface area contributed by atoms with Crippen molar-refractivity contribution in [3.63, 3.8) is 0 Å². The van der Waals surface area contributed by atoms with Crippen molar-refractivity contribution in [1.82, 2.24) is 20.0 Å². The van der Waals surface area contributed by atoms with Crippen LogP contribution in [-0.4, -0.2) is 91.5 Å². The molecule has 0 bridgehead atoms. The number of methoxy groups -OCH3 is 1. The van der Waals surface area contributed by atoms with Crippen molar-refractivity contribution >= 4 is 11.8 Å². The molecular weight excluding hydrogens is 452 g/mol. The van der Waals surface area contributed by atoms with Crippen LogP contribution in [0.3, 0.4) is 0 Å². The Labute approximate surface area is 217 Å². The van der Waals surface area contributed by atoms with Crippen molar-refractivity contribution in [3.05, 3.63) is 29.8 Å². The summed E-state index contributed by atoms with van der Waals surface area (Å²) >= 11 is 0. The molecule has 1 aromatic rings. The van der Waals surface area contributed by atoms with E-state index in [1.165, 1.54) is 32.1 Å². The molecule has 0 radical (unpaired) electrons. The summed E-state index contributed by atoms with van der Waals surface area (Å²) in [7, 11) is 1.62. The highest BCUT2D eigenvalue weighted by atomic mass is 16.5. The van der Waals surface area contributed by atoms with Crippen molar-refractivity contribution in [2.75, 3.05) is 52.9 Å². The summed E-state index contributed by atoms with van der Waals surface area (Å²) in [6, 6.07) is 7.14. The van der Waals surface area contributed by atoms with Gasteiger partial charge in [-0.3, -0.25) is 14.5 Å². The number of amides is 2. The molecule has 0 spiro atoms. The summed E-state index contributed by atoms with van der Waals surface area (Å²) in [5.41, 5.74) is 0.591. The summed E-state index contributed by atoms with van der Waals surface area (Å²) in [5, 5.41) is 3.39. The Morgan fingerprint density at radius 1 is 1.11 bits per heavy atom. The lowest BCUT2D eigenvalue weighted by Crippen LogP contribution is -2.48. The van der Waals surface area contributed by atoms with Crippen molar-refractivity contribution in [2.24, 2.45) is 11.8 Å². The van der Waals surface area contributed by atoms with Gasteiger partial charge in [0.25, 0.3) is 5.91 Å². The lowest BCUT2D eigenvalue weighted by molar-refractivity contribution is -0.135. The Balaban J connectivity index is 1.58. The molecule has 3 fully saturated rings. The molecule has 36 heavy (non-hydrogen) atoms. The lowest BCUT2D eigenvalue weighted by Gasteiger charge is -2.35. The van der Waals surface area contributed by atoms with Gasteiger partial charge in [-0.05, 0) is 62.3 Å². The largest absolute Gasteiger partial charge is 0.497 e. The number of hydrogen-bond acceptors (Lipinski definition) is 5. The van der Waals surface area contributed by atoms with Crippen LogP contribution in [0.1, 0.15) is 69.2 Å². The zero-order chi connectivity index (χ0) is 25.5. The molecule has 0 aromatic heterocycles. The molecule has 1 saturated carbocycles. The van der Waals surface area contributed by atoms with Gasteiger partial charge < -0.3 is 19.9 Å². The third-order valence-electron chi connectivity index (χ3n) is 8.13. The zero-order valence-corrected chi connectivity index (χ0v) is 22.6. The number of nitrogens with one attached hydrogen (secondary N) is 1. The molecule has 2 atom stereocenters. The first-order valence-corrected chi connectivity index (χ1v) is 14.1. The molecule has 2 aliphatic heterocycles. The molecular formula is C29H46N4O3. The summed E-state index contributed by atoms with van der Waals surface area (Å²) in [6.07, 6.45) is 8.29. The van der Waals surface area contributed by atoms with E-state index in [4.69, 9.17) is 4.74 Å². The van der Waals surface area contributed by atoms with Gasteiger partial charge in [-0.2, -0.15) is 0 Å². The second-order valence-corrected chi connectivity index (χ2v) is 11.4. The minimum absolute atomic E-state index is 0.0649. The van der Waals surface area contributed by atoms with Crippen molar-refractivity contribution < 1.29 is 14.3 Å². The summed E-state index contributed by atoms with van der Waals surface area (Å²) in [6.45, 7) is 10.5. The summed E-state index contributed by atoms with van der Waals surface area (Å²) in [4.78, 5) is 34.2. The summed E-state index contributed by atoms with van der Waals surface area (Å²) in [5.74, 6) is 1.98. The van der Waals surface area contributed by atoms with Gasteiger partial charge in [0.15, 0.2) is 0 Å². The molecule has 2 amide bonds. The first-order chi connectivity index (χ1) is 17.5. The fourth-order valence-corrected chi connectivity index (χ4v) is 6.28. The van der Waals surface area contributed by atoms with Crippen LogP contribution in [0.2, 0.25) is 0 Å². The van der Waals surface area contributed by atoms with Gasteiger partial charge >= 0.3 is 0 Å². The van der Waals surface area contributed by atoms with Crippen LogP contribution < -0.4 is 10.1 Å². The third kappa shape index (κ3) is 6.80. The zero-order valence-electron chi connectivity index (χ0n) is 22.6. The van der Waals surface area contributed by atoms with Crippen molar-refractivity contribution in [3.8, 4) is 5.75 Å². The first kappa shape index (κ1) is 26.9. The van der Waals surface area contributed by atoms with Gasteiger partial charge in [0.05, 0.1) is 7.11 Å². The van der Waals surface area contributed by atoms with Crippen LogP contribution >= 0.6 is 0 Å². The van der Waals surface area contributed by atoms with E-state index in [9.17, 15) is 9.59 Å². The highest BCUT2D eigenvalue weighted by Gasteiger charge is 2.44. The van der Waals surface area contributed by atoms with E-state index in [-0.39, 0.29) is 17.9 Å². The number of benzene rings is 1. The number of carbonyl (C=O) groups excluding carboxylic acids is 2. The van der Waals surface area contributed by atoms with E-state index in [0.717, 1.165) is 51.5 Å². The quantitative estimate of drug-likeness (QED) is 0.593. The number of likely N-dealkylation sites (tertiary alicyclic amines) is 1. The fourth-order valence-electron chi connectivity index (χ4n) is 6.28. The van der Waals surface area contributed by atoms with E-state index < -0.39 is 6.04 Å². The van der Waals surface area contributed by atoms with Crippen LogP contribution in [0.25, 0.3) is 0 Å². The van der Waals surface area contributed by atoms with Crippen LogP contribution in [0.5, 0.6) is 5.75 Å². The number of rotatable bonds is 8. The van der Waals surface area contributed by atoms with Gasteiger partial charge in [-0.15, -0.1) is 0 Å². The first-order valence-electron chi connectivity index (χ1n) is 14.1. The lowest BCUT2D eigenvalue weighted by atomic mass is 9.88. The number of carbonyl (C=O) groups is 2. The molecule has 1 N–H and O–H groups in total. The Bertz CT molecular complexity index is 862. The molecule has 2 saturated heterocycles. The molecule has 7 nitrogen and oxygen atoms in total. The van der Waals surface area contributed by atoms with Gasteiger partial charge in [0.1, 0.15) is 11.8 Å².